The third-order valence-corrected chi connectivity index (χ3v) is 2.10. The van der Waals surface area contributed by atoms with Gasteiger partial charge in [0.05, 0.1) is 0 Å². The van der Waals surface area contributed by atoms with Gasteiger partial charge in [-0.3, -0.25) is 0 Å². The molecule has 0 spiro atoms. The molecule has 5 nitrogen and oxygen atoms in total. The molecule has 0 aromatic carbocycles. The fraction of sp³-hybridized carbons (Fsp3) is 0.750. The van der Waals surface area contributed by atoms with Gasteiger partial charge in [-0.2, -0.15) is 5.10 Å². The molecule has 0 unspecified atom stereocenters. The Morgan fingerprint density at radius 2 is 1.62 bits per heavy atom. The first kappa shape index (κ1) is 9.98. The van der Waals surface area contributed by atoms with Crippen molar-refractivity contribution >= 4 is 11.4 Å². The summed E-state index contributed by atoms with van der Waals surface area (Å²) in [6.07, 6.45) is 0. The van der Waals surface area contributed by atoms with E-state index in [0.717, 1.165) is 0 Å². The SMILES string of the molecule is CC1(C)OC(C)(C)C(=NO)C1=NN. The zero-order valence-electron chi connectivity index (χ0n) is 8.33. The fourth-order valence-electron chi connectivity index (χ4n) is 1.69. The molecule has 0 aromatic heterocycles. The van der Waals surface area contributed by atoms with Gasteiger partial charge in [-0.15, -0.1) is 0 Å². The molecule has 1 fully saturated rings. The van der Waals surface area contributed by atoms with E-state index in [4.69, 9.17) is 15.8 Å². The summed E-state index contributed by atoms with van der Waals surface area (Å²) >= 11 is 0. The van der Waals surface area contributed by atoms with Crippen molar-refractivity contribution in [2.45, 2.75) is 38.9 Å². The van der Waals surface area contributed by atoms with Crippen molar-refractivity contribution in [2.24, 2.45) is 16.1 Å². The van der Waals surface area contributed by atoms with Crippen LogP contribution in [0.15, 0.2) is 10.3 Å². The molecule has 1 rings (SSSR count). The number of rotatable bonds is 0. The Labute approximate surface area is 77.3 Å². The van der Waals surface area contributed by atoms with Gasteiger partial charge in [0.2, 0.25) is 0 Å². The highest BCUT2D eigenvalue weighted by Gasteiger charge is 2.49. The summed E-state index contributed by atoms with van der Waals surface area (Å²) < 4.78 is 5.64. The Morgan fingerprint density at radius 1 is 1.15 bits per heavy atom. The number of nitrogens with zero attached hydrogens (tertiary/aromatic N) is 2. The fourth-order valence-corrected chi connectivity index (χ4v) is 1.69. The molecule has 74 valence electrons. The zero-order valence-corrected chi connectivity index (χ0v) is 8.33. The van der Waals surface area contributed by atoms with Crippen LogP contribution in [0, 0.1) is 0 Å². The van der Waals surface area contributed by atoms with Gasteiger partial charge in [-0.05, 0) is 27.7 Å². The Hall–Kier alpha value is -1.10. The largest absolute Gasteiger partial charge is 0.410 e. The third kappa shape index (κ3) is 1.39. The monoisotopic (exact) mass is 185 g/mol. The average molecular weight is 185 g/mol. The van der Waals surface area contributed by atoms with Crippen molar-refractivity contribution in [1.29, 1.82) is 0 Å². The molecule has 0 aliphatic carbocycles. The molecule has 0 amide bonds. The number of hydrogen-bond acceptors (Lipinski definition) is 5. The quantitative estimate of drug-likeness (QED) is 0.331. The van der Waals surface area contributed by atoms with Crippen LogP contribution < -0.4 is 5.84 Å². The highest BCUT2D eigenvalue weighted by Crippen LogP contribution is 2.32. The Balaban J connectivity index is 3.23. The summed E-state index contributed by atoms with van der Waals surface area (Å²) in [6.45, 7) is 7.28. The molecule has 3 N–H and O–H groups in total. The first-order valence-electron chi connectivity index (χ1n) is 4.06. The topological polar surface area (TPSA) is 80.2 Å². The summed E-state index contributed by atoms with van der Waals surface area (Å²) in [5.74, 6) is 5.21. The second-order valence-electron chi connectivity index (χ2n) is 4.05. The second-order valence-corrected chi connectivity index (χ2v) is 4.05. The Bertz CT molecular complexity index is 251. The van der Waals surface area contributed by atoms with Gasteiger partial charge in [0.15, 0.2) is 0 Å². The molecular weight excluding hydrogens is 170 g/mol. The molecule has 1 aliphatic heterocycles. The highest BCUT2D eigenvalue weighted by molar-refractivity contribution is 6.49. The third-order valence-electron chi connectivity index (χ3n) is 2.10. The van der Waals surface area contributed by atoms with Crippen molar-refractivity contribution in [1.82, 2.24) is 0 Å². The number of hydrogen-bond donors (Lipinski definition) is 2. The number of nitrogens with two attached hydrogens (primary N) is 1. The molecule has 0 atom stereocenters. The lowest BCUT2D eigenvalue weighted by Gasteiger charge is -2.21. The van der Waals surface area contributed by atoms with Gasteiger partial charge < -0.3 is 15.8 Å². The average Bonchev–Trinajstić information content (AvgIpc) is 2.13. The van der Waals surface area contributed by atoms with E-state index in [2.05, 4.69) is 10.3 Å². The molecule has 1 aliphatic rings. The standard InChI is InChI=1S/C8H15N3O2/c1-7(2)5(10-9)6(11-12)8(3,4)13-7/h12H,9H2,1-4H3. The van der Waals surface area contributed by atoms with E-state index in [9.17, 15) is 0 Å². The van der Waals surface area contributed by atoms with Gasteiger partial charge in [-0.1, -0.05) is 5.16 Å². The minimum absolute atomic E-state index is 0.389. The first-order chi connectivity index (χ1) is 5.85. The molecule has 0 bridgehead atoms. The van der Waals surface area contributed by atoms with Gasteiger partial charge in [0.25, 0.3) is 0 Å². The van der Waals surface area contributed by atoms with Crippen LogP contribution in [0.2, 0.25) is 0 Å². The maximum Gasteiger partial charge on any atom is 0.137 e. The van der Waals surface area contributed by atoms with Crippen molar-refractivity contribution in [3.05, 3.63) is 0 Å². The van der Waals surface area contributed by atoms with Crippen LogP contribution in [0.25, 0.3) is 0 Å². The summed E-state index contributed by atoms with van der Waals surface area (Å²) in [7, 11) is 0. The van der Waals surface area contributed by atoms with E-state index in [1.54, 1.807) is 0 Å². The lowest BCUT2D eigenvalue weighted by molar-refractivity contribution is -0.0277. The summed E-state index contributed by atoms with van der Waals surface area (Å²) in [6, 6.07) is 0. The van der Waals surface area contributed by atoms with E-state index in [1.165, 1.54) is 0 Å². The van der Waals surface area contributed by atoms with E-state index in [1.807, 2.05) is 27.7 Å². The van der Waals surface area contributed by atoms with Crippen LogP contribution in [0.3, 0.4) is 0 Å². The van der Waals surface area contributed by atoms with Crippen LogP contribution in [-0.4, -0.2) is 27.8 Å². The molecular formula is C8H15N3O2. The second kappa shape index (κ2) is 2.70. The molecule has 0 radical (unpaired) electrons. The predicted molar refractivity (Wildman–Crippen MR) is 50.1 cm³/mol. The maximum absolute atomic E-state index is 8.81. The molecule has 0 aromatic rings. The first-order valence-corrected chi connectivity index (χ1v) is 4.06. The zero-order chi connectivity index (χ0) is 10.3. The van der Waals surface area contributed by atoms with Crippen molar-refractivity contribution in [2.75, 3.05) is 0 Å². The van der Waals surface area contributed by atoms with E-state index < -0.39 is 11.2 Å². The van der Waals surface area contributed by atoms with Crippen molar-refractivity contribution < 1.29 is 9.94 Å². The van der Waals surface area contributed by atoms with E-state index >= 15 is 0 Å². The molecule has 1 heterocycles. The predicted octanol–water partition coefficient (Wildman–Crippen LogP) is 0.719. The van der Waals surface area contributed by atoms with Crippen LogP contribution >= 0.6 is 0 Å². The maximum atomic E-state index is 8.81. The smallest absolute Gasteiger partial charge is 0.137 e. The number of oxime groups is 1. The molecule has 5 heteroatoms. The number of ether oxygens (including phenoxy) is 1. The van der Waals surface area contributed by atoms with Gasteiger partial charge in [-0.25, -0.2) is 0 Å². The van der Waals surface area contributed by atoms with Gasteiger partial charge >= 0.3 is 0 Å². The lowest BCUT2D eigenvalue weighted by atomic mass is 9.96. The normalized spacial score (nSPS) is 31.4. The minimum atomic E-state index is -0.642. The lowest BCUT2D eigenvalue weighted by Crippen LogP contribution is -2.32. The Kier molecular flexibility index (Phi) is 2.07. The molecule has 0 saturated carbocycles. The summed E-state index contributed by atoms with van der Waals surface area (Å²) in [4.78, 5) is 0. The van der Waals surface area contributed by atoms with Crippen molar-refractivity contribution in [3.8, 4) is 0 Å². The molecule has 13 heavy (non-hydrogen) atoms. The number of hydrazone groups is 1. The van der Waals surface area contributed by atoms with Crippen LogP contribution in [-0.2, 0) is 4.74 Å². The van der Waals surface area contributed by atoms with Crippen LogP contribution in [0.5, 0.6) is 0 Å². The van der Waals surface area contributed by atoms with Crippen LogP contribution in [0.1, 0.15) is 27.7 Å². The molecule has 1 saturated heterocycles. The Morgan fingerprint density at radius 3 is 1.92 bits per heavy atom. The summed E-state index contributed by atoms with van der Waals surface area (Å²) in [5.41, 5.74) is -0.365. The summed E-state index contributed by atoms with van der Waals surface area (Å²) in [5, 5.41) is 15.6. The highest BCUT2D eigenvalue weighted by atomic mass is 16.5. The van der Waals surface area contributed by atoms with Crippen molar-refractivity contribution in [3.63, 3.8) is 0 Å². The van der Waals surface area contributed by atoms with Crippen LogP contribution in [0.4, 0.5) is 0 Å². The van der Waals surface area contributed by atoms with Gasteiger partial charge in [0.1, 0.15) is 22.6 Å². The van der Waals surface area contributed by atoms with Gasteiger partial charge in [0, 0.05) is 0 Å². The minimum Gasteiger partial charge on any atom is -0.410 e. The van der Waals surface area contributed by atoms with E-state index in [-0.39, 0.29) is 0 Å². The van der Waals surface area contributed by atoms with E-state index in [0.29, 0.717) is 11.4 Å².